The van der Waals surface area contributed by atoms with Crippen LogP contribution in [0.4, 0.5) is 0 Å². The Morgan fingerprint density at radius 3 is 2.85 bits per heavy atom. The summed E-state index contributed by atoms with van der Waals surface area (Å²) in [7, 11) is 1.62. The van der Waals surface area contributed by atoms with Crippen molar-refractivity contribution in [3.8, 4) is 5.75 Å². The number of aryl methyl sites for hydroxylation is 1. The average molecular weight is 292 g/mol. The number of nitrogens with zero attached hydrogens (tertiary/aromatic N) is 1. The van der Waals surface area contributed by atoms with Gasteiger partial charge in [0.25, 0.3) is 0 Å². The maximum absolute atomic E-state index is 10.1. The molecule has 1 atom stereocenters. The number of benzene rings is 1. The van der Waals surface area contributed by atoms with E-state index < -0.39 is 6.10 Å². The van der Waals surface area contributed by atoms with Crippen molar-refractivity contribution in [2.75, 3.05) is 7.11 Å². The number of methoxy groups -OCH3 is 1. The second-order valence-corrected chi connectivity index (χ2v) is 5.11. The Balaban J connectivity index is 1.94. The number of pyridine rings is 1. The van der Waals surface area contributed by atoms with E-state index in [9.17, 15) is 5.11 Å². The first kappa shape index (κ1) is 14.8. The van der Waals surface area contributed by atoms with Crippen molar-refractivity contribution in [2.24, 2.45) is 0 Å². The average Bonchev–Trinajstić information content (AvgIpc) is 2.46. The van der Waals surface area contributed by atoms with E-state index in [1.807, 2.05) is 30.3 Å². The van der Waals surface area contributed by atoms with E-state index in [0.717, 1.165) is 23.4 Å². The van der Waals surface area contributed by atoms with Crippen molar-refractivity contribution in [1.29, 1.82) is 0 Å². The third kappa shape index (κ3) is 4.22. The van der Waals surface area contributed by atoms with E-state index in [1.165, 1.54) is 0 Å². The van der Waals surface area contributed by atoms with Crippen molar-refractivity contribution < 1.29 is 9.84 Å². The molecule has 0 aliphatic carbocycles. The minimum Gasteiger partial charge on any atom is -0.496 e. The number of aliphatic hydroxyl groups excluding tert-OH is 1. The van der Waals surface area contributed by atoms with Crippen molar-refractivity contribution in [3.63, 3.8) is 0 Å². The second-order valence-electron chi connectivity index (χ2n) is 4.67. The Morgan fingerprint density at radius 2 is 2.15 bits per heavy atom. The second kappa shape index (κ2) is 7.27. The first-order chi connectivity index (χ1) is 9.69. The summed E-state index contributed by atoms with van der Waals surface area (Å²) in [6, 6.07) is 11.2. The van der Waals surface area contributed by atoms with E-state index >= 15 is 0 Å². The van der Waals surface area contributed by atoms with Gasteiger partial charge in [0, 0.05) is 23.3 Å². The van der Waals surface area contributed by atoms with Crippen molar-refractivity contribution >= 4 is 11.6 Å². The number of halogens is 1. The number of ether oxygens (including phenoxy) is 1. The summed E-state index contributed by atoms with van der Waals surface area (Å²) >= 11 is 5.98. The van der Waals surface area contributed by atoms with Crippen LogP contribution in [-0.2, 0) is 12.8 Å². The molecule has 0 bridgehead atoms. The summed E-state index contributed by atoms with van der Waals surface area (Å²) in [4.78, 5) is 4.25. The molecule has 1 aromatic carbocycles. The lowest BCUT2D eigenvalue weighted by molar-refractivity contribution is 0.164. The van der Waals surface area contributed by atoms with Crippen LogP contribution in [-0.4, -0.2) is 23.3 Å². The molecule has 2 rings (SSSR count). The highest BCUT2D eigenvalue weighted by Crippen LogP contribution is 2.24. The third-order valence-electron chi connectivity index (χ3n) is 3.16. The Labute approximate surface area is 124 Å². The standard InChI is InChI=1S/C16H18ClNO2/c1-20-16-8-5-13(17)10-12(16)11-15(19)7-6-14-4-2-3-9-18-14/h2-5,8-10,15,19H,6-7,11H2,1H3. The summed E-state index contributed by atoms with van der Waals surface area (Å²) in [6.45, 7) is 0. The molecule has 0 aliphatic heterocycles. The molecule has 106 valence electrons. The fourth-order valence-corrected chi connectivity index (χ4v) is 2.32. The molecule has 0 saturated heterocycles. The van der Waals surface area contributed by atoms with Crippen molar-refractivity contribution in [2.45, 2.75) is 25.4 Å². The molecule has 0 aliphatic rings. The van der Waals surface area contributed by atoms with Gasteiger partial charge in [0.05, 0.1) is 13.2 Å². The number of aliphatic hydroxyl groups is 1. The number of hydrogen-bond acceptors (Lipinski definition) is 3. The van der Waals surface area contributed by atoms with Crippen LogP contribution in [0.5, 0.6) is 5.75 Å². The van der Waals surface area contributed by atoms with Crippen molar-refractivity contribution in [1.82, 2.24) is 4.98 Å². The quantitative estimate of drug-likeness (QED) is 0.888. The minimum atomic E-state index is -0.440. The van der Waals surface area contributed by atoms with Gasteiger partial charge in [-0.15, -0.1) is 0 Å². The molecule has 20 heavy (non-hydrogen) atoms. The molecule has 0 amide bonds. The smallest absolute Gasteiger partial charge is 0.122 e. The van der Waals surface area contributed by atoms with Crippen LogP contribution in [0.25, 0.3) is 0 Å². The van der Waals surface area contributed by atoms with Gasteiger partial charge in [0.15, 0.2) is 0 Å². The molecule has 2 aromatic rings. The first-order valence-electron chi connectivity index (χ1n) is 6.59. The molecule has 0 radical (unpaired) electrons. The summed E-state index contributed by atoms with van der Waals surface area (Å²) < 4.78 is 5.28. The molecule has 0 fully saturated rings. The monoisotopic (exact) mass is 291 g/mol. The zero-order valence-corrected chi connectivity index (χ0v) is 12.2. The molecule has 3 nitrogen and oxygen atoms in total. The Morgan fingerprint density at radius 1 is 1.30 bits per heavy atom. The summed E-state index contributed by atoms with van der Waals surface area (Å²) in [5.41, 5.74) is 1.91. The zero-order valence-electron chi connectivity index (χ0n) is 11.4. The third-order valence-corrected chi connectivity index (χ3v) is 3.39. The van der Waals surface area contributed by atoms with Crippen LogP contribution in [0.15, 0.2) is 42.6 Å². The van der Waals surface area contributed by atoms with Crippen LogP contribution >= 0.6 is 11.6 Å². The normalized spacial score (nSPS) is 12.2. The number of rotatable bonds is 6. The van der Waals surface area contributed by atoms with Gasteiger partial charge in [-0.1, -0.05) is 17.7 Å². The molecule has 0 saturated carbocycles. The van der Waals surface area contributed by atoms with Crippen LogP contribution in [0.1, 0.15) is 17.7 Å². The number of hydrogen-bond donors (Lipinski definition) is 1. The van der Waals surface area contributed by atoms with Gasteiger partial charge >= 0.3 is 0 Å². The van der Waals surface area contributed by atoms with Gasteiger partial charge in [0.1, 0.15) is 5.75 Å². The fourth-order valence-electron chi connectivity index (χ4n) is 2.12. The largest absolute Gasteiger partial charge is 0.496 e. The molecular weight excluding hydrogens is 274 g/mol. The van der Waals surface area contributed by atoms with E-state index in [1.54, 1.807) is 19.4 Å². The molecular formula is C16H18ClNO2. The topological polar surface area (TPSA) is 42.4 Å². The van der Waals surface area contributed by atoms with Gasteiger partial charge in [-0.25, -0.2) is 0 Å². The van der Waals surface area contributed by atoms with Crippen molar-refractivity contribution in [3.05, 3.63) is 58.9 Å². The summed E-state index contributed by atoms with van der Waals surface area (Å²) in [6.07, 6.45) is 3.26. The highest BCUT2D eigenvalue weighted by Gasteiger charge is 2.11. The van der Waals surface area contributed by atoms with Crippen LogP contribution in [0.2, 0.25) is 5.02 Å². The van der Waals surface area contributed by atoms with E-state index in [4.69, 9.17) is 16.3 Å². The highest BCUT2D eigenvalue weighted by atomic mass is 35.5. The molecule has 1 unspecified atom stereocenters. The van der Waals surface area contributed by atoms with Gasteiger partial charge in [0.2, 0.25) is 0 Å². The summed E-state index contributed by atoms with van der Waals surface area (Å²) in [5.74, 6) is 0.756. The lowest BCUT2D eigenvalue weighted by Gasteiger charge is -2.13. The molecule has 1 aromatic heterocycles. The fraction of sp³-hybridized carbons (Fsp3) is 0.312. The van der Waals surface area contributed by atoms with E-state index in [0.29, 0.717) is 17.9 Å². The van der Waals surface area contributed by atoms with Gasteiger partial charge < -0.3 is 9.84 Å². The summed E-state index contributed by atoms with van der Waals surface area (Å²) in [5, 5.41) is 10.8. The maximum atomic E-state index is 10.1. The predicted octanol–water partition coefficient (Wildman–Crippen LogP) is 3.28. The van der Waals surface area contributed by atoms with Gasteiger partial charge in [-0.3, -0.25) is 4.98 Å². The Bertz CT molecular complexity index is 545. The van der Waals surface area contributed by atoms with Crippen LogP contribution in [0, 0.1) is 0 Å². The SMILES string of the molecule is COc1ccc(Cl)cc1CC(O)CCc1ccccn1. The zero-order chi connectivity index (χ0) is 14.4. The lowest BCUT2D eigenvalue weighted by Crippen LogP contribution is -2.12. The maximum Gasteiger partial charge on any atom is 0.122 e. The molecule has 1 N–H and O–H groups in total. The van der Waals surface area contributed by atoms with Gasteiger partial charge in [-0.05, 0) is 48.7 Å². The Kier molecular flexibility index (Phi) is 5.39. The minimum absolute atomic E-state index is 0.440. The lowest BCUT2D eigenvalue weighted by atomic mass is 10.0. The molecule has 1 heterocycles. The molecule has 4 heteroatoms. The molecule has 0 spiro atoms. The first-order valence-corrected chi connectivity index (χ1v) is 6.97. The highest BCUT2D eigenvalue weighted by molar-refractivity contribution is 6.30. The Hall–Kier alpha value is -1.58. The van der Waals surface area contributed by atoms with Crippen LogP contribution < -0.4 is 4.74 Å². The predicted molar refractivity (Wildman–Crippen MR) is 80.3 cm³/mol. The van der Waals surface area contributed by atoms with Crippen LogP contribution in [0.3, 0.4) is 0 Å². The number of aromatic nitrogens is 1. The van der Waals surface area contributed by atoms with E-state index in [-0.39, 0.29) is 0 Å². The van der Waals surface area contributed by atoms with Gasteiger partial charge in [-0.2, -0.15) is 0 Å². The van der Waals surface area contributed by atoms with E-state index in [2.05, 4.69) is 4.98 Å².